The number of carbonyl (C=O) groups is 1. The summed E-state index contributed by atoms with van der Waals surface area (Å²) >= 11 is 0. The highest BCUT2D eigenvalue weighted by molar-refractivity contribution is 5.91. The van der Waals surface area contributed by atoms with Crippen LogP contribution in [0, 0.1) is 0 Å². The van der Waals surface area contributed by atoms with Gasteiger partial charge in [0.05, 0.1) is 6.33 Å². The molecule has 0 amide bonds. The van der Waals surface area contributed by atoms with E-state index in [1.54, 1.807) is 24.4 Å². The van der Waals surface area contributed by atoms with Crippen LogP contribution in [0.1, 0.15) is 10.5 Å². The van der Waals surface area contributed by atoms with E-state index in [9.17, 15) is 4.79 Å². The predicted molar refractivity (Wildman–Crippen MR) is 62.1 cm³/mol. The van der Waals surface area contributed by atoms with E-state index in [0.717, 1.165) is 0 Å². The molecule has 0 saturated carbocycles. The number of aromatic carboxylic acids is 1. The van der Waals surface area contributed by atoms with E-state index in [1.807, 2.05) is 0 Å². The topological polar surface area (TPSA) is 118 Å². The number of aromatic amines is 1. The molecule has 0 spiro atoms. The first kappa shape index (κ1) is 11.1. The molecule has 2 N–H and O–H groups in total. The summed E-state index contributed by atoms with van der Waals surface area (Å²) in [6.45, 7) is 0. The third-order valence-corrected chi connectivity index (χ3v) is 2.38. The zero-order valence-electron chi connectivity index (χ0n) is 9.44. The molecular weight excluding hydrogens is 250 g/mol. The fourth-order valence-electron chi connectivity index (χ4n) is 1.54. The van der Waals surface area contributed by atoms with E-state index >= 15 is 0 Å². The molecule has 8 heteroatoms. The van der Waals surface area contributed by atoms with Gasteiger partial charge in [-0.1, -0.05) is 11.2 Å². The van der Waals surface area contributed by atoms with Gasteiger partial charge < -0.3 is 14.6 Å². The van der Waals surface area contributed by atoms with Gasteiger partial charge in [-0.15, -0.1) is 0 Å². The minimum absolute atomic E-state index is 0.0514. The van der Waals surface area contributed by atoms with Crippen LogP contribution in [0.4, 0.5) is 0 Å². The zero-order valence-corrected chi connectivity index (χ0v) is 9.44. The lowest BCUT2D eigenvalue weighted by atomic mass is 10.3. The van der Waals surface area contributed by atoms with Gasteiger partial charge in [-0.25, -0.2) is 9.78 Å². The standard InChI is InChI=1S/C11H7N5O3/c17-11(18)8-7(13-5-14-8)10-15-9(16-19-10)6-3-1-2-4-12-6/h1-5H,(H,13,14)(H,17,18). The highest BCUT2D eigenvalue weighted by atomic mass is 16.5. The molecule has 3 rings (SSSR count). The first-order chi connectivity index (χ1) is 9.25. The number of hydrogen-bond acceptors (Lipinski definition) is 6. The monoisotopic (exact) mass is 257 g/mol. The smallest absolute Gasteiger partial charge is 0.356 e. The highest BCUT2D eigenvalue weighted by Gasteiger charge is 2.20. The fraction of sp³-hybridized carbons (Fsp3) is 0. The Morgan fingerprint density at radius 1 is 1.32 bits per heavy atom. The van der Waals surface area contributed by atoms with Crippen molar-refractivity contribution in [3.8, 4) is 23.1 Å². The molecule has 0 aliphatic rings. The summed E-state index contributed by atoms with van der Waals surface area (Å²) < 4.78 is 5.02. The van der Waals surface area contributed by atoms with Gasteiger partial charge in [0.2, 0.25) is 5.82 Å². The van der Waals surface area contributed by atoms with Gasteiger partial charge in [0.25, 0.3) is 5.89 Å². The summed E-state index contributed by atoms with van der Waals surface area (Å²) in [4.78, 5) is 25.4. The number of nitrogens with zero attached hydrogens (tertiary/aromatic N) is 4. The van der Waals surface area contributed by atoms with Crippen LogP contribution in [0.3, 0.4) is 0 Å². The number of aromatic nitrogens is 5. The Balaban J connectivity index is 2.02. The SMILES string of the molecule is O=C(O)c1nc[nH]c1-c1nc(-c2ccccn2)no1. The third kappa shape index (κ3) is 1.95. The summed E-state index contributed by atoms with van der Waals surface area (Å²) in [6.07, 6.45) is 2.85. The van der Waals surface area contributed by atoms with E-state index in [0.29, 0.717) is 5.69 Å². The Hall–Kier alpha value is -3.03. The molecule has 8 nitrogen and oxygen atoms in total. The van der Waals surface area contributed by atoms with E-state index in [4.69, 9.17) is 9.63 Å². The molecule has 0 atom stereocenters. The second-order valence-electron chi connectivity index (χ2n) is 3.57. The van der Waals surface area contributed by atoms with Crippen LogP contribution in [-0.2, 0) is 0 Å². The van der Waals surface area contributed by atoms with Crippen LogP contribution in [-0.4, -0.2) is 36.2 Å². The van der Waals surface area contributed by atoms with Crippen molar-refractivity contribution in [3.05, 3.63) is 36.4 Å². The third-order valence-electron chi connectivity index (χ3n) is 2.38. The minimum atomic E-state index is -1.17. The number of nitrogens with one attached hydrogen (secondary N) is 1. The van der Waals surface area contributed by atoms with Crippen molar-refractivity contribution in [3.63, 3.8) is 0 Å². The van der Waals surface area contributed by atoms with Gasteiger partial charge in [-0.3, -0.25) is 4.98 Å². The molecule has 94 valence electrons. The van der Waals surface area contributed by atoms with E-state index in [2.05, 4.69) is 25.1 Å². The second kappa shape index (κ2) is 4.33. The predicted octanol–water partition coefficient (Wildman–Crippen LogP) is 1.22. The maximum atomic E-state index is 10.9. The average Bonchev–Trinajstić information content (AvgIpc) is 3.08. The lowest BCUT2D eigenvalue weighted by Gasteiger charge is -1.91. The number of rotatable bonds is 3. The van der Waals surface area contributed by atoms with Crippen molar-refractivity contribution in [2.24, 2.45) is 0 Å². The van der Waals surface area contributed by atoms with Gasteiger partial charge in [0.15, 0.2) is 5.69 Å². The maximum absolute atomic E-state index is 10.9. The Bertz CT molecular complexity index is 719. The quantitative estimate of drug-likeness (QED) is 0.724. The molecule has 0 aliphatic carbocycles. The number of carboxylic acids is 1. The van der Waals surface area contributed by atoms with Gasteiger partial charge in [-0.2, -0.15) is 4.98 Å². The molecule has 0 radical (unpaired) electrons. The van der Waals surface area contributed by atoms with Gasteiger partial charge in [-0.05, 0) is 12.1 Å². The lowest BCUT2D eigenvalue weighted by molar-refractivity contribution is 0.0691. The zero-order chi connectivity index (χ0) is 13.2. The summed E-state index contributed by atoms with van der Waals surface area (Å²) in [5, 5.41) is 12.7. The Kier molecular flexibility index (Phi) is 2.53. The number of H-pyrrole nitrogens is 1. The Morgan fingerprint density at radius 2 is 2.21 bits per heavy atom. The van der Waals surface area contributed by atoms with Crippen LogP contribution >= 0.6 is 0 Å². The van der Waals surface area contributed by atoms with Crippen molar-refractivity contribution in [2.45, 2.75) is 0 Å². The molecule has 0 aliphatic heterocycles. The number of imidazole rings is 1. The molecule has 0 fully saturated rings. The highest BCUT2D eigenvalue weighted by Crippen LogP contribution is 2.21. The van der Waals surface area contributed by atoms with Crippen LogP contribution in [0.2, 0.25) is 0 Å². The fourth-order valence-corrected chi connectivity index (χ4v) is 1.54. The number of pyridine rings is 1. The van der Waals surface area contributed by atoms with Crippen molar-refractivity contribution in [1.29, 1.82) is 0 Å². The summed E-state index contributed by atoms with van der Waals surface area (Å²) in [6, 6.07) is 5.28. The Morgan fingerprint density at radius 3 is 2.95 bits per heavy atom. The second-order valence-corrected chi connectivity index (χ2v) is 3.57. The Labute approximate surface area is 106 Å². The normalized spacial score (nSPS) is 10.5. The molecule has 0 bridgehead atoms. The molecule has 0 saturated heterocycles. The minimum Gasteiger partial charge on any atom is -0.476 e. The number of carboxylic acid groups (broad SMARTS) is 1. The molecule has 0 unspecified atom stereocenters. The van der Waals surface area contributed by atoms with E-state index < -0.39 is 5.97 Å². The van der Waals surface area contributed by atoms with Crippen LogP contribution in [0.15, 0.2) is 35.2 Å². The van der Waals surface area contributed by atoms with Crippen molar-refractivity contribution >= 4 is 5.97 Å². The molecule has 19 heavy (non-hydrogen) atoms. The van der Waals surface area contributed by atoms with Crippen molar-refractivity contribution in [1.82, 2.24) is 25.1 Å². The average molecular weight is 257 g/mol. The molecule has 0 aromatic carbocycles. The molecule has 3 aromatic rings. The van der Waals surface area contributed by atoms with Gasteiger partial charge >= 0.3 is 5.97 Å². The van der Waals surface area contributed by atoms with Crippen molar-refractivity contribution in [2.75, 3.05) is 0 Å². The summed E-state index contributed by atoms with van der Waals surface area (Å²) in [5.41, 5.74) is 0.535. The van der Waals surface area contributed by atoms with Crippen LogP contribution < -0.4 is 0 Å². The largest absolute Gasteiger partial charge is 0.476 e. The van der Waals surface area contributed by atoms with Crippen LogP contribution in [0.5, 0.6) is 0 Å². The van der Waals surface area contributed by atoms with E-state index in [1.165, 1.54) is 6.33 Å². The summed E-state index contributed by atoms with van der Waals surface area (Å²) in [7, 11) is 0. The summed E-state index contributed by atoms with van der Waals surface area (Å²) in [5.74, 6) is -0.842. The first-order valence-corrected chi connectivity index (χ1v) is 5.28. The number of hydrogen-bond donors (Lipinski definition) is 2. The first-order valence-electron chi connectivity index (χ1n) is 5.28. The van der Waals surface area contributed by atoms with E-state index in [-0.39, 0.29) is 23.1 Å². The van der Waals surface area contributed by atoms with Crippen LogP contribution in [0.25, 0.3) is 23.1 Å². The molecule has 3 heterocycles. The van der Waals surface area contributed by atoms with Crippen molar-refractivity contribution < 1.29 is 14.4 Å². The lowest BCUT2D eigenvalue weighted by Crippen LogP contribution is -1.99. The molecular formula is C11H7N5O3. The van der Waals surface area contributed by atoms with Gasteiger partial charge in [0, 0.05) is 6.20 Å². The van der Waals surface area contributed by atoms with Gasteiger partial charge in [0.1, 0.15) is 11.4 Å². The maximum Gasteiger partial charge on any atom is 0.356 e. The molecule has 3 aromatic heterocycles.